The zero-order valence-corrected chi connectivity index (χ0v) is 13.3. The van der Waals surface area contributed by atoms with Crippen molar-refractivity contribution in [2.45, 2.75) is 13.5 Å². The third-order valence-corrected chi connectivity index (χ3v) is 4.76. The zero-order valence-electron chi connectivity index (χ0n) is 12.5. The van der Waals surface area contributed by atoms with E-state index in [0.29, 0.717) is 0 Å². The van der Waals surface area contributed by atoms with Gasteiger partial charge in [-0.05, 0) is 24.7 Å². The molecule has 1 saturated heterocycles. The van der Waals surface area contributed by atoms with Gasteiger partial charge in [0.15, 0.2) is 0 Å². The molecular formula is C16H22N4S. The number of hydrogen-bond donors (Lipinski definition) is 1. The predicted octanol–water partition coefficient (Wildman–Crippen LogP) is 2.90. The average molecular weight is 302 g/mol. The summed E-state index contributed by atoms with van der Waals surface area (Å²) < 4.78 is 0. The minimum absolute atomic E-state index is 0.845. The largest absolute Gasteiger partial charge is 0.380 e. The lowest BCUT2D eigenvalue weighted by molar-refractivity contribution is 0.271. The fraction of sp³-hybridized carbons (Fsp3) is 0.438. The first-order valence-corrected chi connectivity index (χ1v) is 8.41. The van der Waals surface area contributed by atoms with Crippen molar-refractivity contribution in [1.29, 1.82) is 0 Å². The van der Waals surface area contributed by atoms with E-state index in [-0.39, 0.29) is 0 Å². The molecular weight excluding hydrogens is 280 g/mol. The first-order valence-electron chi connectivity index (χ1n) is 7.54. The Balaban J connectivity index is 1.60. The van der Waals surface area contributed by atoms with E-state index in [9.17, 15) is 0 Å². The number of likely N-dealkylation sites (N-methyl/N-ethyl adjacent to an activating group) is 1. The molecule has 21 heavy (non-hydrogen) atoms. The van der Waals surface area contributed by atoms with Gasteiger partial charge in [0.05, 0.1) is 12.1 Å². The monoisotopic (exact) mass is 302 g/mol. The summed E-state index contributed by atoms with van der Waals surface area (Å²) in [5, 5.41) is 3.48. The molecule has 1 aromatic carbocycles. The molecule has 1 fully saturated rings. The number of rotatable bonds is 5. The van der Waals surface area contributed by atoms with E-state index in [1.54, 1.807) is 11.3 Å². The van der Waals surface area contributed by atoms with Gasteiger partial charge in [0.25, 0.3) is 0 Å². The Morgan fingerprint density at radius 2 is 2.10 bits per heavy atom. The highest BCUT2D eigenvalue weighted by Gasteiger charge is 2.15. The number of nitrogens with one attached hydrogen (secondary N) is 1. The third-order valence-electron chi connectivity index (χ3n) is 3.98. The summed E-state index contributed by atoms with van der Waals surface area (Å²) in [7, 11) is 0. The topological polar surface area (TPSA) is 31.4 Å². The molecule has 0 amide bonds. The maximum Gasteiger partial charge on any atom is 0.0794 e. The van der Waals surface area contributed by atoms with Crippen molar-refractivity contribution < 1.29 is 0 Å². The van der Waals surface area contributed by atoms with Crippen LogP contribution in [0.2, 0.25) is 0 Å². The first kappa shape index (κ1) is 14.4. The second-order valence-electron chi connectivity index (χ2n) is 5.29. The van der Waals surface area contributed by atoms with Gasteiger partial charge in [0.1, 0.15) is 0 Å². The Morgan fingerprint density at radius 3 is 2.81 bits per heavy atom. The van der Waals surface area contributed by atoms with E-state index in [1.807, 2.05) is 11.7 Å². The molecule has 2 aromatic rings. The van der Waals surface area contributed by atoms with Crippen molar-refractivity contribution in [3.63, 3.8) is 0 Å². The van der Waals surface area contributed by atoms with Crippen LogP contribution in [0.5, 0.6) is 0 Å². The molecule has 0 bridgehead atoms. The molecule has 0 aliphatic carbocycles. The van der Waals surface area contributed by atoms with Gasteiger partial charge in [-0.25, -0.2) is 0 Å². The summed E-state index contributed by atoms with van der Waals surface area (Å²) in [5.74, 6) is 0. The van der Waals surface area contributed by atoms with Crippen LogP contribution in [0.4, 0.5) is 11.4 Å². The zero-order chi connectivity index (χ0) is 14.5. The third kappa shape index (κ3) is 3.74. The minimum atomic E-state index is 0.845. The van der Waals surface area contributed by atoms with Gasteiger partial charge in [-0.2, -0.15) is 0 Å². The van der Waals surface area contributed by atoms with E-state index < -0.39 is 0 Å². The van der Waals surface area contributed by atoms with Crippen LogP contribution in [0.1, 0.15) is 11.8 Å². The smallest absolute Gasteiger partial charge is 0.0794 e. The van der Waals surface area contributed by atoms with Gasteiger partial charge in [-0.1, -0.05) is 13.0 Å². The lowest BCUT2D eigenvalue weighted by Crippen LogP contribution is -2.46. The van der Waals surface area contributed by atoms with Crippen molar-refractivity contribution in [2.24, 2.45) is 0 Å². The van der Waals surface area contributed by atoms with Gasteiger partial charge in [0, 0.05) is 48.6 Å². The highest BCUT2D eigenvalue weighted by molar-refractivity contribution is 7.09. The van der Waals surface area contributed by atoms with Crippen LogP contribution in [-0.2, 0) is 6.54 Å². The molecule has 0 radical (unpaired) electrons. The van der Waals surface area contributed by atoms with Gasteiger partial charge >= 0.3 is 0 Å². The predicted molar refractivity (Wildman–Crippen MR) is 90.2 cm³/mol. The van der Waals surface area contributed by atoms with Crippen LogP contribution in [0.15, 0.2) is 36.0 Å². The second kappa shape index (κ2) is 6.91. The summed E-state index contributed by atoms with van der Waals surface area (Å²) in [6, 6.07) is 8.73. The number of anilines is 2. The van der Waals surface area contributed by atoms with Crippen LogP contribution in [0, 0.1) is 0 Å². The molecule has 4 nitrogen and oxygen atoms in total. The number of piperazine rings is 1. The molecule has 1 aliphatic heterocycles. The number of benzene rings is 1. The summed E-state index contributed by atoms with van der Waals surface area (Å²) in [5.41, 5.74) is 4.37. The standard InChI is InChI=1S/C16H22N4S/c1-2-19-6-8-20(9-7-19)15-5-3-4-14(10-15)18-12-16-11-17-13-21-16/h3-5,10-11,13,18H,2,6-9,12H2,1H3. The highest BCUT2D eigenvalue weighted by Crippen LogP contribution is 2.21. The Bertz CT molecular complexity index is 547. The Kier molecular flexibility index (Phi) is 4.72. The van der Waals surface area contributed by atoms with Crippen molar-refractivity contribution in [1.82, 2.24) is 9.88 Å². The van der Waals surface area contributed by atoms with Crippen molar-refractivity contribution in [3.05, 3.63) is 40.8 Å². The summed E-state index contributed by atoms with van der Waals surface area (Å²) in [6.45, 7) is 8.80. The normalized spacial score (nSPS) is 16.1. The maximum absolute atomic E-state index is 4.11. The molecule has 1 N–H and O–H groups in total. The average Bonchev–Trinajstić information content (AvgIpc) is 3.07. The second-order valence-corrected chi connectivity index (χ2v) is 6.26. The van der Waals surface area contributed by atoms with Crippen LogP contribution in [-0.4, -0.2) is 42.6 Å². The molecule has 2 heterocycles. The molecule has 1 aromatic heterocycles. The summed E-state index contributed by atoms with van der Waals surface area (Å²) in [6.07, 6.45) is 1.92. The molecule has 3 rings (SSSR count). The molecule has 1 aliphatic rings. The van der Waals surface area contributed by atoms with Crippen molar-refractivity contribution in [3.8, 4) is 0 Å². The SMILES string of the molecule is CCN1CCN(c2cccc(NCc3cncs3)c2)CC1. The van der Waals surface area contributed by atoms with Crippen molar-refractivity contribution in [2.75, 3.05) is 42.9 Å². The lowest BCUT2D eigenvalue weighted by atomic mass is 10.2. The quantitative estimate of drug-likeness (QED) is 0.920. The van der Waals surface area contributed by atoms with Crippen LogP contribution < -0.4 is 10.2 Å². The Labute approximate surface area is 130 Å². The number of hydrogen-bond acceptors (Lipinski definition) is 5. The van der Waals surface area contributed by atoms with Gasteiger partial charge in [0.2, 0.25) is 0 Å². The molecule has 0 unspecified atom stereocenters. The van der Waals surface area contributed by atoms with Gasteiger partial charge in [-0.3, -0.25) is 4.98 Å². The van der Waals surface area contributed by atoms with Crippen LogP contribution >= 0.6 is 11.3 Å². The number of aromatic nitrogens is 1. The lowest BCUT2D eigenvalue weighted by Gasteiger charge is -2.35. The highest BCUT2D eigenvalue weighted by atomic mass is 32.1. The molecule has 0 spiro atoms. The first-order chi connectivity index (χ1) is 10.3. The van der Waals surface area contributed by atoms with Crippen LogP contribution in [0.25, 0.3) is 0 Å². The maximum atomic E-state index is 4.11. The number of nitrogens with zero attached hydrogens (tertiary/aromatic N) is 3. The van der Waals surface area contributed by atoms with E-state index >= 15 is 0 Å². The van der Waals surface area contributed by atoms with Gasteiger partial charge < -0.3 is 15.1 Å². The van der Waals surface area contributed by atoms with E-state index in [0.717, 1.165) is 39.3 Å². The summed E-state index contributed by atoms with van der Waals surface area (Å²) in [4.78, 5) is 10.3. The molecule has 0 saturated carbocycles. The summed E-state index contributed by atoms with van der Waals surface area (Å²) >= 11 is 1.69. The molecule has 0 atom stereocenters. The van der Waals surface area contributed by atoms with E-state index in [1.165, 1.54) is 16.3 Å². The number of thiazole rings is 1. The fourth-order valence-electron chi connectivity index (χ4n) is 2.65. The molecule has 5 heteroatoms. The van der Waals surface area contributed by atoms with Gasteiger partial charge in [-0.15, -0.1) is 11.3 Å². The van der Waals surface area contributed by atoms with Crippen LogP contribution in [0.3, 0.4) is 0 Å². The Hall–Kier alpha value is -1.59. The molecule has 112 valence electrons. The van der Waals surface area contributed by atoms with E-state index in [4.69, 9.17) is 0 Å². The van der Waals surface area contributed by atoms with E-state index in [2.05, 4.69) is 51.3 Å². The fourth-order valence-corrected chi connectivity index (χ4v) is 3.19. The van der Waals surface area contributed by atoms with Crippen molar-refractivity contribution >= 4 is 22.7 Å². The Morgan fingerprint density at radius 1 is 1.24 bits per heavy atom. The minimum Gasteiger partial charge on any atom is -0.380 e.